The molecule has 0 saturated heterocycles. The number of halogens is 1. The Labute approximate surface area is 122 Å². The molecule has 0 aliphatic heterocycles. The van der Waals surface area contributed by atoms with Gasteiger partial charge in [0, 0.05) is 15.5 Å². The molecule has 0 unspecified atom stereocenters. The van der Waals surface area contributed by atoms with Gasteiger partial charge in [0.1, 0.15) is 0 Å². The molecule has 0 radical (unpaired) electrons. The van der Waals surface area contributed by atoms with E-state index < -0.39 is 0 Å². The van der Waals surface area contributed by atoms with Crippen molar-refractivity contribution in [2.24, 2.45) is 0 Å². The average Bonchev–Trinajstić information content (AvgIpc) is 2.45. The van der Waals surface area contributed by atoms with Crippen LogP contribution in [0.2, 0.25) is 5.02 Å². The average molecular weight is 289 g/mol. The predicted octanol–water partition coefficient (Wildman–Crippen LogP) is 4.96. The molecular weight excluding hydrogens is 276 g/mol. The topological polar surface area (TPSA) is 17.1 Å². The van der Waals surface area contributed by atoms with E-state index in [0.717, 1.165) is 5.56 Å². The molecular formula is C16H13ClOS. The van der Waals surface area contributed by atoms with Crippen LogP contribution >= 0.6 is 23.4 Å². The fourth-order valence-electron chi connectivity index (χ4n) is 1.62. The Morgan fingerprint density at radius 1 is 1.16 bits per heavy atom. The molecule has 0 saturated carbocycles. The minimum atomic E-state index is -0.0450. The summed E-state index contributed by atoms with van der Waals surface area (Å²) in [6, 6.07) is 15.0. The van der Waals surface area contributed by atoms with Crippen LogP contribution in [0.4, 0.5) is 0 Å². The van der Waals surface area contributed by atoms with Crippen molar-refractivity contribution < 1.29 is 4.79 Å². The summed E-state index contributed by atoms with van der Waals surface area (Å²) in [6.07, 6.45) is 5.42. The Kier molecular flexibility index (Phi) is 4.83. The smallest absolute Gasteiger partial charge is 0.185 e. The zero-order valence-corrected chi connectivity index (χ0v) is 12.0. The second-order valence-corrected chi connectivity index (χ2v) is 5.30. The highest BCUT2D eigenvalue weighted by Gasteiger charge is 2.01. The third-order valence-electron chi connectivity index (χ3n) is 2.65. The Balaban J connectivity index is 2.11. The number of carbonyl (C=O) groups is 1. The van der Waals surface area contributed by atoms with Crippen molar-refractivity contribution in [2.45, 2.75) is 4.90 Å². The van der Waals surface area contributed by atoms with Gasteiger partial charge < -0.3 is 0 Å². The van der Waals surface area contributed by atoms with E-state index in [9.17, 15) is 4.79 Å². The van der Waals surface area contributed by atoms with Gasteiger partial charge in [-0.1, -0.05) is 41.9 Å². The number of allylic oxidation sites excluding steroid dienone is 1. The van der Waals surface area contributed by atoms with E-state index in [1.807, 2.05) is 36.6 Å². The summed E-state index contributed by atoms with van der Waals surface area (Å²) in [6.45, 7) is 0. The van der Waals surface area contributed by atoms with Crippen molar-refractivity contribution in [3.63, 3.8) is 0 Å². The molecule has 0 aliphatic carbocycles. The second-order valence-electron chi connectivity index (χ2n) is 3.98. The number of benzene rings is 2. The SMILES string of the molecule is CSc1ccc(/C=C/C(=O)c2cccc(Cl)c2)cc1. The Morgan fingerprint density at radius 3 is 2.53 bits per heavy atom. The highest BCUT2D eigenvalue weighted by Crippen LogP contribution is 2.16. The zero-order valence-electron chi connectivity index (χ0n) is 10.5. The maximum atomic E-state index is 11.9. The lowest BCUT2D eigenvalue weighted by Crippen LogP contribution is -1.93. The van der Waals surface area contributed by atoms with Gasteiger partial charge in [0.05, 0.1) is 0 Å². The van der Waals surface area contributed by atoms with Crippen LogP contribution in [0.15, 0.2) is 59.5 Å². The fraction of sp³-hybridized carbons (Fsp3) is 0.0625. The van der Waals surface area contributed by atoms with E-state index >= 15 is 0 Å². The highest BCUT2D eigenvalue weighted by atomic mass is 35.5. The summed E-state index contributed by atoms with van der Waals surface area (Å²) in [5.74, 6) is -0.0450. The van der Waals surface area contributed by atoms with E-state index in [2.05, 4.69) is 0 Å². The van der Waals surface area contributed by atoms with Crippen LogP contribution < -0.4 is 0 Å². The van der Waals surface area contributed by atoms with Gasteiger partial charge in [-0.2, -0.15) is 0 Å². The summed E-state index contributed by atoms with van der Waals surface area (Å²) >= 11 is 7.56. The van der Waals surface area contributed by atoms with Crippen molar-refractivity contribution in [1.82, 2.24) is 0 Å². The molecule has 0 amide bonds. The normalized spacial score (nSPS) is 10.8. The van der Waals surface area contributed by atoms with Crippen molar-refractivity contribution in [1.29, 1.82) is 0 Å². The molecule has 2 aromatic rings. The molecule has 0 N–H and O–H groups in total. The molecule has 2 aromatic carbocycles. The Morgan fingerprint density at radius 2 is 1.89 bits per heavy atom. The number of carbonyl (C=O) groups excluding carboxylic acids is 1. The number of rotatable bonds is 4. The quantitative estimate of drug-likeness (QED) is 0.449. The van der Waals surface area contributed by atoms with Crippen molar-refractivity contribution in [2.75, 3.05) is 6.26 Å². The van der Waals surface area contributed by atoms with Gasteiger partial charge in [0.2, 0.25) is 0 Å². The lowest BCUT2D eigenvalue weighted by molar-refractivity contribution is 0.104. The molecule has 3 heteroatoms. The van der Waals surface area contributed by atoms with E-state index in [4.69, 9.17) is 11.6 Å². The maximum Gasteiger partial charge on any atom is 0.185 e. The molecule has 19 heavy (non-hydrogen) atoms. The molecule has 0 fully saturated rings. The van der Waals surface area contributed by atoms with Crippen LogP contribution in [-0.4, -0.2) is 12.0 Å². The Hall–Kier alpha value is -1.51. The molecule has 0 aromatic heterocycles. The van der Waals surface area contributed by atoms with Gasteiger partial charge in [0.25, 0.3) is 0 Å². The van der Waals surface area contributed by atoms with Gasteiger partial charge in [-0.3, -0.25) is 4.79 Å². The van der Waals surface area contributed by atoms with E-state index in [1.165, 1.54) is 4.90 Å². The van der Waals surface area contributed by atoms with Crippen LogP contribution in [0, 0.1) is 0 Å². The monoisotopic (exact) mass is 288 g/mol. The van der Waals surface area contributed by atoms with Crippen LogP contribution in [0.25, 0.3) is 6.08 Å². The summed E-state index contributed by atoms with van der Waals surface area (Å²) in [5.41, 5.74) is 1.61. The third kappa shape index (κ3) is 3.98. The minimum Gasteiger partial charge on any atom is -0.289 e. The molecule has 0 heterocycles. The van der Waals surface area contributed by atoms with Crippen molar-refractivity contribution in [3.05, 3.63) is 70.8 Å². The first-order valence-electron chi connectivity index (χ1n) is 5.81. The van der Waals surface area contributed by atoms with Crippen LogP contribution in [-0.2, 0) is 0 Å². The van der Waals surface area contributed by atoms with E-state index in [-0.39, 0.29) is 5.78 Å². The van der Waals surface area contributed by atoms with Crippen molar-refractivity contribution in [3.8, 4) is 0 Å². The third-order valence-corrected chi connectivity index (χ3v) is 3.63. The standard InChI is InChI=1S/C16H13ClOS/c1-19-15-8-5-12(6-9-15)7-10-16(18)13-3-2-4-14(17)11-13/h2-11H,1H3/b10-7+. The molecule has 0 aliphatic rings. The van der Waals surface area contributed by atoms with Gasteiger partial charge in [-0.15, -0.1) is 11.8 Å². The first-order chi connectivity index (χ1) is 9.19. The van der Waals surface area contributed by atoms with Crippen LogP contribution in [0.3, 0.4) is 0 Å². The molecule has 2 rings (SSSR count). The van der Waals surface area contributed by atoms with E-state index in [0.29, 0.717) is 10.6 Å². The minimum absolute atomic E-state index is 0.0450. The van der Waals surface area contributed by atoms with Gasteiger partial charge in [-0.25, -0.2) is 0 Å². The van der Waals surface area contributed by atoms with Crippen LogP contribution in [0.5, 0.6) is 0 Å². The first-order valence-corrected chi connectivity index (χ1v) is 7.41. The fourth-order valence-corrected chi connectivity index (χ4v) is 2.22. The lowest BCUT2D eigenvalue weighted by Gasteiger charge is -1.98. The Bertz CT molecular complexity index is 602. The van der Waals surface area contributed by atoms with Gasteiger partial charge in [0.15, 0.2) is 5.78 Å². The molecule has 0 bridgehead atoms. The van der Waals surface area contributed by atoms with Crippen molar-refractivity contribution >= 4 is 35.2 Å². The molecule has 96 valence electrons. The highest BCUT2D eigenvalue weighted by molar-refractivity contribution is 7.98. The molecule has 0 spiro atoms. The molecule has 0 atom stereocenters. The number of thioether (sulfide) groups is 1. The first kappa shape index (κ1) is 13.9. The lowest BCUT2D eigenvalue weighted by atomic mass is 10.1. The molecule has 1 nitrogen and oxygen atoms in total. The zero-order chi connectivity index (χ0) is 13.7. The number of ketones is 1. The number of hydrogen-bond acceptors (Lipinski definition) is 2. The van der Waals surface area contributed by atoms with Gasteiger partial charge in [-0.05, 0) is 42.2 Å². The largest absolute Gasteiger partial charge is 0.289 e. The second kappa shape index (κ2) is 6.60. The summed E-state index contributed by atoms with van der Waals surface area (Å²) < 4.78 is 0. The van der Waals surface area contributed by atoms with Gasteiger partial charge >= 0.3 is 0 Å². The summed E-state index contributed by atoms with van der Waals surface area (Å²) in [7, 11) is 0. The maximum absolute atomic E-state index is 11.9. The van der Waals surface area contributed by atoms with Crippen LogP contribution in [0.1, 0.15) is 15.9 Å². The predicted molar refractivity (Wildman–Crippen MR) is 83.0 cm³/mol. The summed E-state index contributed by atoms with van der Waals surface area (Å²) in [4.78, 5) is 13.2. The summed E-state index contributed by atoms with van der Waals surface area (Å²) in [5, 5.41) is 0.573. The van der Waals surface area contributed by atoms with E-state index in [1.54, 1.807) is 42.1 Å². The number of hydrogen-bond donors (Lipinski definition) is 0.